The van der Waals surface area contributed by atoms with Crippen molar-refractivity contribution in [2.24, 2.45) is 0 Å². The van der Waals surface area contributed by atoms with Crippen molar-refractivity contribution in [3.8, 4) is 5.75 Å². The predicted molar refractivity (Wildman–Crippen MR) is 59.2 cm³/mol. The van der Waals surface area contributed by atoms with E-state index in [4.69, 9.17) is 0 Å². The number of aromatic hydroxyl groups is 1. The van der Waals surface area contributed by atoms with E-state index in [1.54, 1.807) is 13.0 Å². The summed E-state index contributed by atoms with van der Waals surface area (Å²) in [6.07, 6.45) is 0. The van der Waals surface area contributed by atoms with Gasteiger partial charge in [0.2, 0.25) is 5.91 Å². The van der Waals surface area contributed by atoms with Gasteiger partial charge in [0.15, 0.2) is 0 Å². The van der Waals surface area contributed by atoms with E-state index in [0.29, 0.717) is 11.1 Å². The molecule has 0 aromatic heterocycles. The van der Waals surface area contributed by atoms with E-state index in [0.717, 1.165) is 0 Å². The molecule has 0 saturated carbocycles. The number of phenolic OH excluding ortho intramolecular Hbond substituents is 1. The molecule has 16 heavy (non-hydrogen) atoms. The Labute approximate surface area is 93.5 Å². The van der Waals surface area contributed by atoms with Crippen molar-refractivity contribution in [2.75, 3.05) is 13.6 Å². The first-order valence-corrected chi connectivity index (χ1v) is 4.83. The van der Waals surface area contributed by atoms with Gasteiger partial charge in [-0.15, -0.1) is 0 Å². The van der Waals surface area contributed by atoms with Gasteiger partial charge >= 0.3 is 0 Å². The fraction of sp³-hybridized carbons (Fsp3) is 0.273. The van der Waals surface area contributed by atoms with Crippen LogP contribution in [0.1, 0.15) is 15.9 Å². The lowest BCUT2D eigenvalue weighted by molar-refractivity contribution is -0.119. The predicted octanol–water partition coefficient (Wildman–Crippen LogP) is 0.176. The molecule has 1 aromatic rings. The van der Waals surface area contributed by atoms with Gasteiger partial charge in [0, 0.05) is 12.6 Å². The molecule has 0 radical (unpaired) electrons. The van der Waals surface area contributed by atoms with E-state index >= 15 is 0 Å². The zero-order chi connectivity index (χ0) is 12.1. The molecule has 2 amide bonds. The molecule has 1 aromatic carbocycles. The van der Waals surface area contributed by atoms with Crippen LogP contribution in [0, 0.1) is 6.92 Å². The van der Waals surface area contributed by atoms with Crippen LogP contribution in [0.4, 0.5) is 0 Å². The van der Waals surface area contributed by atoms with Crippen LogP contribution >= 0.6 is 0 Å². The molecule has 5 heteroatoms. The molecule has 0 aliphatic rings. The molecule has 0 aliphatic heterocycles. The zero-order valence-electron chi connectivity index (χ0n) is 9.20. The average molecular weight is 222 g/mol. The van der Waals surface area contributed by atoms with E-state index in [1.165, 1.54) is 19.2 Å². The summed E-state index contributed by atoms with van der Waals surface area (Å²) in [7, 11) is 1.50. The van der Waals surface area contributed by atoms with Gasteiger partial charge in [-0.05, 0) is 30.7 Å². The SMILES string of the molecule is CNC(=O)CNC(=O)c1ccc(O)c(C)c1. The summed E-state index contributed by atoms with van der Waals surface area (Å²) in [6.45, 7) is 1.64. The maximum Gasteiger partial charge on any atom is 0.251 e. The highest BCUT2D eigenvalue weighted by molar-refractivity contribution is 5.96. The highest BCUT2D eigenvalue weighted by Gasteiger charge is 2.08. The van der Waals surface area contributed by atoms with E-state index < -0.39 is 0 Å². The van der Waals surface area contributed by atoms with Crippen LogP contribution in [0.25, 0.3) is 0 Å². The minimum absolute atomic E-state index is 0.0603. The second kappa shape index (κ2) is 5.16. The first kappa shape index (κ1) is 12.0. The minimum Gasteiger partial charge on any atom is -0.508 e. The normalized spacial score (nSPS) is 9.62. The number of carbonyl (C=O) groups is 2. The summed E-state index contributed by atoms with van der Waals surface area (Å²) >= 11 is 0. The maximum absolute atomic E-state index is 11.6. The smallest absolute Gasteiger partial charge is 0.251 e. The van der Waals surface area contributed by atoms with Gasteiger partial charge in [0.25, 0.3) is 5.91 Å². The molecule has 0 saturated heterocycles. The summed E-state index contributed by atoms with van der Waals surface area (Å²) in [5, 5.41) is 14.1. The van der Waals surface area contributed by atoms with Crippen LogP contribution in [-0.2, 0) is 4.79 Å². The maximum atomic E-state index is 11.6. The molecule has 0 atom stereocenters. The quantitative estimate of drug-likeness (QED) is 0.682. The van der Waals surface area contributed by atoms with E-state index in [1.807, 2.05) is 0 Å². The van der Waals surface area contributed by atoms with Crippen molar-refractivity contribution in [1.29, 1.82) is 0 Å². The number of likely N-dealkylation sites (N-methyl/N-ethyl adjacent to an activating group) is 1. The van der Waals surface area contributed by atoms with Gasteiger partial charge in [-0.1, -0.05) is 0 Å². The molecule has 0 heterocycles. The lowest BCUT2D eigenvalue weighted by atomic mass is 10.1. The standard InChI is InChI=1S/C11H14N2O3/c1-7-5-8(3-4-9(7)14)11(16)13-6-10(15)12-2/h3-5,14H,6H2,1-2H3,(H,12,15)(H,13,16). The summed E-state index contributed by atoms with van der Waals surface area (Å²) in [4.78, 5) is 22.5. The highest BCUT2D eigenvalue weighted by atomic mass is 16.3. The fourth-order valence-electron chi connectivity index (χ4n) is 1.15. The van der Waals surface area contributed by atoms with Gasteiger partial charge in [0.05, 0.1) is 6.54 Å². The van der Waals surface area contributed by atoms with Gasteiger partial charge in [-0.3, -0.25) is 9.59 Å². The molecule has 86 valence electrons. The van der Waals surface area contributed by atoms with E-state index in [2.05, 4.69) is 10.6 Å². The second-order valence-corrected chi connectivity index (χ2v) is 3.36. The first-order chi connectivity index (χ1) is 7.54. The largest absolute Gasteiger partial charge is 0.508 e. The third-order valence-electron chi connectivity index (χ3n) is 2.15. The first-order valence-electron chi connectivity index (χ1n) is 4.83. The molecular formula is C11H14N2O3. The van der Waals surface area contributed by atoms with Crippen LogP contribution in [0.3, 0.4) is 0 Å². The number of carbonyl (C=O) groups excluding carboxylic acids is 2. The summed E-state index contributed by atoms with van der Waals surface area (Å²) < 4.78 is 0. The second-order valence-electron chi connectivity index (χ2n) is 3.36. The Kier molecular flexibility index (Phi) is 3.88. The summed E-state index contributed by atoms with van der Waals surface area (Å²) in [6, 6.07) is 4.51. The van der Waals surface area contributed by atoms with Gasteiger partial charge in [0.1, 0.15) is 5.75 Å². The number of hydrogen-bond donors (Lipinski definition) is 3. The van der Waals surface area contributed by atoms with E-state index in [9.17, 15) is 14.7 Å². The molecule has 0 bridgehead atoms. The topological polar surface area (TPSA) is 78.4 Å². The van der Waals surface area contributed by atoms with Crippen molar-refractivity contribution < 1.29 is 14.7 Å². The number of aryl methyl sites for hydroxylation is 1. The molecule has 3 N–H and O–H groups in total. The third-order valence-corrected chi connectivity index (χ3v) is 2.15. The number of nitrogens with one attached hydrogen (secondary N) is 2. The van der Waals surface area contributed by atoms with Crippen LogP contribution in [0.2, 0.25) is 0 Å². The fourth-order valence-corrected chi connectivity index (χ4v) is 1.15. The molecule has 0 fully saturated rings. The van der Waals surface area contributed by atoms with Crippen LogP contribution in [-0.4, -0.2) is 30.5 Å². The summed E-state index contributed by atoms with van der Waals surface area (Å²) in [5.41, 5.74) is 1.03. The van der Waals surface area contributed by atoms with Crippen molar-refractivity contribution in [3.05, 3.63) is 29.3 Å². The van der Waals surface area contributed by atoms with Crippen LogP contribution < -0.4 is 10.6 Å². The lowest BCUT2D eigenvalue weighted by Gasteiger charge is -2.05. The Morgan fingerprint density at radius 3 is 2.62 bits per heavy atom. The third kappa shape index (κ3) is 2.98. The van der Waals surface area contributed by atoms with Crippen molar-refractivity contribution in [3.63, 3.8) is 0 Å². The number of rotatable bonds is 3. The molecule has 0 spiro atoms. The lowest BCUT2D eigenvalue weighted by Crippen LogP contribution is -2.35. The summed E-state index contributed by atoms with van der Waals surface area (Å²) in [5.74, 6) is -0.460. The monoisotopic (exact) mass is 222 g/mol. The van der Waals surface area contributed by atoms with E-state index in [-0.39, 0.29) is 24.1 Å². The number of benzene rings is 1. The highest BCUT2D eigenvalue weighted by Crippen LogP contribution is 2.16. The van der Waals surface area contributed by atoms with Crippen molar-refractivity contribution >= 4 is 11.8 Å². The Hall–Kier alpha value is -2.04. The Bertz CT molecular complexity index is 416. The van der Waals surface area contributed by atoms with Gasteiger partial charge in [-0.25, -0.2) is 0 Å². The minimum atomic E-state index is -0.341. The molecule has 0 aliphatic carbocycles. The Balaban J connectivity index is 2.66. The average Bonchev–Trinajstić information content (AvgIpc) is 2.29. The van der Waals surface area contributed by atoms with Crippen LogP contribution in [0.5, 0.6) is 5.75 Å². The number of amides is 2. The van der Waals surface area contributed by atoms with Gasteiger partial charge < -0.3 is 15.7 Å². The Morgan fingerprint density at radius 1 is 1.38 bits per heavy atom. The molecule has 1 rings (SSSR count). The van der Waals surface area contributed by atoms with Crippen LogP contribution in [0.15, 0.2) is 18.2 Å². The Morgan fingerprint density at radius 2 is 2.06 bits per heavy atom. The number of hydrogen-bond acceptors (Lipinski definition) is 3. The molecular weight excluding hydrogens is 208 g/mol. The van der Waals surface area contributed by atoms with Gasteiger partial charge in [-0.2, -0.15) is 0 Å². The number of phenols is 1. The van der Waals surface area contributed by atoms with Crippen molar-refractivity contribution in [1.82, 2.24) is 10.6 Å². The molecule has 0 unspecified atom stereocenters. The zero-order valence-corrected chi connectivity index (χ0v) is 9.20. The van der Waals surface area contributed by atoms with Crippen molar-refractivity contribution in [2.45, 2.75) is 6.92 Å². The molecule has 5 nitrogen and oxygen atoms in total.